The average Bonchev–Trinajstić information content (AvgIpc) is 2.45. The molecule has 0 atom stereocenters. The minimum atomic E-state index is -0.532. The molecule has 0 saturated heterocycles. The zero-order chi connectivity index (χ0) is 15.6. The van der Waals surface area contributed by atoms with E-state index in [0.29, 0.717) is 17.1 Å². The average molecular weight is 290 g/mol. The minimum absolute atomic E-state index is 0.0325. The lowest BCUT2D eigenvalue weighted by Crippen LogP contribution is -2.05. The van der Waals surface area contributed by atoms with Crippen LogP contribution in [0.4, 0.5) is 11.6 Å². The third-order valence-electron chi connectivity index (χ3n) is 2.88. The summed E-state index contributed by atoms with van der Waals surface area (Å²) in [5.74, 6) is 0.955. The zero-order valence-electron chi connectivity index (χ0n) is 11.8. The molecule has 0 unspecified atom stereocenters. The van der Waals surface area contributed by atoms with Gasteiger partial charge in [0, 0.05) is 11.6 Å². The van der Waals surface area contributed by atoms with Crippen LogP contribution in [0.25, 0.3) is 11.3 Å². The molecule has 0 aliphatic heterocycles. The van der Waals surface area contributed by atoms with Gasteiger partial charge in [-0.15, -0.1) is 0 Å². The van der Waals surface area contributed by atoms with E-state index in [9.17, 15) is 10.1 Å². The molecule has 21 heavy (non-hydrogen) atoms. The molecule has 110 valence electrons. The van der Waals surface area contributed by atoms with E-state index < -0.39 is 4.92 Å². The number of nitro groups is 1. The molecule has 1 heterocycles. The number of methoxy groups -OCH3 is 2. The Hall–Kier alpha value is -2.90. The monoisotopic (exact) mass is 290 g/mol. The first kappa shape index (κ1) is 14.5. The van der Waals surface area contributed by atoms with E-state index in [4.69, 9.17) is 15.2 Å². The van der Waals surface area contributed by atoms with Gasteiger partial charge in [0.1, 0.15) is 17.2 Å². The Labute approximate surface area is 120 Å². The molecule has 8 nitrogen and oxygen atoms in total. The molecule has 0 bridgehead atoms. The Kier molecular flexibility index (Phi) is 3.88. The van der Waals surface area contributed by atoms with Crippen LogP contribution < -0.4 is 15.2 Å². The standard InChI is InChI=1S/C13H14N4O4/c1-7-12(17(18)19)11(16-13(14)15-7)8-4-9(20-2)6-10(5-8)21-3/h4-6H,1-3H3,(H2,14,15,16). The van der Waals surface area contributed by atoms with Crippen LogP contribution in [0.3, 0.4) is 0 Å². The van der Waals surface area contributed by atoms with Gasteiger partial charge >= 0.3 is 5.69 Å². The van der Waals surface area contributed by atoms with Gasteiger partial charge in [0.05, 0.1) is 19.1 Å². The molecule has 2 aromatic rings. The third kappa shape index (κ3) is 2.83. The normalized spacial score (nSPS) is 10.2. The molecule has 0 amide bonds. The van der Waals surface area contributed by atoms with Gasteiger partial charge in [0.15, 0.2) is 5.69 Å². The van der Waals surface area contributed by atoms with Crippen molar-refractivity contribution < 1.29 is 14.4 Å². The van der Waals surface area contributed by atoms with Crippen molar-refractivity contribution >= 4 is 11.6 Å². The topological polar surface area (TPSA) is 113 Å². The summed E-state index contributed by atoms with van der Waals surface area (Å²) >= 11 is 0. The van der Waals surface area contributed by atoms with E-state index >= 15 is 0 Å². The fraction of sp³-hybridized carbons (Fsp3) is 0.231. The van der Waals surface area contributed by atoms with Crippen molar-refractivity contribution in [3.05, 3.63) is 34.0 Å². The number of aryl methyl sites for hydroxylation is 1. The summed E-state index contributed by atoms with van der Waals surface area (Å²) in [6.07, 6.45) is 0. The van der Waals surface area contributed by atoms with Crippen molar-refractivity contribution in [2.24, 2.45) is 0 Å². The summed E-state index contributed by atoms with van der Waals surface area (Å²) in [4.78, 5) is 18.5. The predicted octanol–water partition coefficient (Wildman–Crippen LogP) is 1.96. The van der Waals surface area contributed by atoms with Crippen LogP contribution in [0, 0.1) is 17.0 Å². The second-order valence-corrected chi connectivity index (χ2v) is 4.22. The summed E-state index contributed by atoms with van der Waals surface area (Å²) in [5.41, 5.74) is 6.20. The molecule has 0 aliphatic carbocycles. The van der Waals surface area contributed by atoms with Crippen molar-refractivity contribution in [3.8, 4) is 22.8 Å². The second kappa shape index (κ2) is 5.61. The van der Waals surface area contributed by atoms with Crippen LogP contribution in [0.5, 0.6) is 11.5 Å². The van der Waals surface area contributed by atoms with Gasteiger partial charge in [-0.05, 0) is 19.1 Å². The van der Waals surface area contributed by atoms with Crippen molar-refractivity contribution in [2.45, 2.75) is 6.92 Å². The highest BCUT2D eigenvalue weighted by Crippen LogP contribution is 2.35. The Bertz CT molecular complexity index is 681. The maximum atomic E-state index is 11.3. The summed E-state index contributed by atoms with van der Waals surface area (Å²) in [6.45, 7) is 1.51. The van der Waals surface area contributed by atoms with Crippen molar-refractivity contribution in [1.82, 2.24) is 9.97 Å². The predicted molar refractivity (Wildman–Crippen MR) is 76.4 cm³/mol. The highest BCUT2D eigenvalue weighted by atomic mass is 16.6. The fourth-order valence-corrected chi connectivity index (χ4v) is 1.95. The zero-order valence-corrected chi connectivity index (χ0v) is 11.8. The van der Waals surface area contributed by atoms with Gasteiger partial charge in [-0.2, -0.15) is 0 Å². The molecule has 1 aromatic carbocycles. The number of hydrogen-bond acceptors (Lipinski definition) is 7. The summed E-state index contributed by atoms with van der Waals surface area (Å²) in [7, 11) is 2.99. The second-order valence-electron chi connectivity index (χ2n) is 4.22. The van der Waals surface area contributed by atoms with E-state index in [1.54, 1.807) is 18.2 Å². The van der Waals surface area contributed by atoms with Crippen LogP contribution in [0.1, 0.15) is 5.69 Å². The first-order valence-corrected chi connectivity index (χ1v) is 5.98. The summed E-state index contributed by atoms with van der Waals surface area (Å²) in [5, 5.41) is 11.3. The number of anilines is 1. The molecule has 8 heteroatoms. The molecular weight excluding hydrogens is 276 g/mol. The Balaban J connectivity index is 2.74. The number of nitrogens with zero attached hydrogens (tertiary/aromatic N) is 3. The summed E-state index contributed by atoms with van der Waals surface area (Å²) < 4.78 is 10.3. The van der Waals surface area contributed by atoms with Crippen LogP contribution in [0.15, 0.2) is 18.2 Å². The quantitative estimate of drug-likeness (QED) is 0.676. The number of ether oxygens (including phenoxy) is 2. The fourth-order valence-electron chi connectivity index (χ4n) is 1.95. The van der Waals surface area contributed by atoms with Crippen molar-refractivity contribution in [3.63, 3.8) is 0 Å². The Morgan fingerprint density at radius 1 is 1.14 bits per heavy atom. The molecule has 0 aliphatic rings. The first-order chi connectivity index (χ1) is 9.96. The van der Waals surface area contributed by atoms with Crippen LogP contribution in [-0.2, 0) is 0 Å². The van der Waals surface area contributed by atoms with E-state index in [1.165, 1.54) is 21.1 Å². The lowest BCUT2D eigenvalue weighted by Gasteiger charge is -2.09. The van der Waals surface area contributed by atoms with E-state index in [2.05, 4.69) is 9.97 Å². The van der Waals surface area contributed by atoms with Gasteiger partial charge < -0.3 is 15.2 Å². The molecule has 1 aromatic heterocycles. The molecule has 0 radical (unpaired) electrons. The molecule has 2 rings (SSSR count). The number of aromatic nitrogens is 2. The smallest absolute Gasteiger partial charge is 0.316 e. The third-order valence-corrected chi connectivity index (χ3v) is 2.88. The van der Waals surface area contributed by atoms with Gasteiger partial charge in [-0.1, -0.05) is 0 Å². The highest BCUT2D eigenvalue weighted by Gasteiger charge is 2.23. The van der Waals surface area contributed by atoms with Gasteiger partial charge in [0.2, 0.25) is 5.95 Å². The van der Waals surface area contributed by atoms with Crippen molar-refractivity contribution in [1.29, 1.82) is 0 Å². The molecular formula is C13H14N4O4. The minimum Gasteiger partial charge on any atom is -0.497 e. The van der Waals surface area contributed by atoms with Gasteiger partial charge in [-0.25, -0.2) is 9.97 Å². The largest absolute Gasteiger partial charge is 0.497 e. The first-order valence-electron chi connectivity index (χ1n) is 5.98. The van der Waals surface area contributed by atoms with Crippen LogP contribution >= 0.6 is 0 Å². The SMILES string of the molecule is COc1cc(OC)cc(-c2nc(N)nc(C)c2[N+](=O)[O-])c1. The summed E-state index contributed by atoms with van der Waals surface area (Å²) in [6, 6.07) is 4.90. The Morgan fingerprint density at radius 3 is 2.19 bits per heavy atom. The number of hydrogen-bond donors (Lipinski definition) is 1. The van der Waals surface area contributed by atoms with E-state index in [1.807, 2.05) is 0 Å². The Morgan fingerprint density at radius 2 is 1.71 bits per heavy atom. The van der Waals surface area contributed by atoms with E-state index in [-0.39, 0.29) is 23.0 Å². The molecule has 2 N–H and O–H groups in total. The molecule has 0 fully saturated rings. The lowest BCUT2D eigenvalue weighted by molar-refractivity contribution is -0.385. The molecule has 0 spiro atoms. The van der Waals surface area contributed by atoms with Crippen LogP contribution in [-0.4, -0.2) is 29.1 Å². The molecule has 0 saturated carbocycles. The van der Waals surface area contributed by atoms with Crippen molar-refractivity contribution in [2.75, 3.05) is 20.0 Å². The van der Waals surface area contributed by atoms with Gasteiger partial charge in [0.25, 0.3) is 0 Å². The van der Waals surface area contributed by atoms with E-state index in [0.717, 1.165) is 0 Å². The van der Waals surface area contributed by atoms with Gasteiger partial charge in [-0.3, -0.25) is 10.1 Å². The lowest BCUT2D eigenvalue weighted by atomic mass is 10.1. The van der Waals surface area contributed by atoms with Crippen LogP contribution in [0.2, 0.25) is 0 Å². The number of rotatable bonds is 4. The number of nitrogens with two attached hydrogens (primary N) is 1. The highest BCUT2D eigenvalue weighted by molar-refractivity contribution is 5.74. The maximum absolute atomic E-state index is 11.3. The number of nitrogen functional groups attached to an aromatic ring is 1. The maximum Gasteiger partial charge on any atom is 0.316 e. The number of benzene rings is 1.